The monoisotopic (exact) mass is 471 g/mol. The molecule has 1 aliphatic rings. The highest BCUT2D eigenvalue weighted by molar-refractivity contribution is 7.15. The van der Waals surface area contributed by atoms with Gasteiger partial charge in [0.1, 0.15) is 5.82 Å². The predicted octanol–water partition coefficient (Wildman–Crippen LogP) is 2.98. The van der Waals surface area contributed by atoms with Crippen LogP contribution in [0.5, 0.6) is 0 Å². The molecule has 174 valence electrons. The zero-order valence-corrected chi connectivity index (χ0v) is 19.4. The van der Waals surface area contributed by atoms with Crippen molar-refractivity contribution >= 4 is 28.3 Å². The van der Waals surface area contributed by atoms with Gasteiger partial charge in [-0.3, -0.25) is 14.6 Å². The third-order valence-corrected chi connectivity index (χ3v) is 6.45. The highest BCUT2D eigenvalue weighted by Gasteiger charge is 2.17. The van der Waals surface area contributed by atoms with Crippen LogP contribution in [0, 0.1) is 19.7 Å². The maximum atomic E-state index is 13.8. The maximum absolute atomic E-state index is 13.8. The number of aromatic amines is 1. The van der Waals surface area contributed by atoms with Gasteiger partial charge in [-0.1, -0.05) is 12.1 Å². The highest BCUT2D eigenvalue weighted by Crippen LogP contribution is 2.22. The van der Waals surface area contributed by atoms with E-state index in [9.17, 15) is 14.0 Å². The fraction of sp³-hybridized carbons (Fsp3) is 0.391. The zero-order valence-electron chi connectivity index (χ0n) is 18.6. The quantitative estimate of drug-likeness (QED) is 0.550. The summed E-state index contributed by atoms with van der Waals surface area (Å²) in [5.41, 5.74) is 2.36. The number of thiazole rings is 1. The summed E-state index contributed by atoms with van der Waals surface area (Å²) in [5, 5.41) is 3.26. The number of H-pyrrole nitrogens is 1. The second kappa shape index (κ2) is 10.2. The van der Waals surface area contributed by atoms with Crippen LogP contribution in [0.4, 0.5) is 15.5 Å². The van der Waals surface area contributed by atoms with Gasteiger partial charge in [0.05, 0.1) is 13.2 Å². The largest absolute Gasteiger partial charge is 0.378 e. The molecule has 1 saturated heterocycles. The molecule has 2 aromatic heterocycles. The van der Waals surface area contributed by atoms with E-state index in [1.807, 2.05) is 11.0 Å². The number of nitrogens with zero attached hydrogens (tertiary/aromatic N) is 3. The number of aromatic nitrogens is 3. The number of carbonyl (C=O) groups is 1. The van der Waals surface area contributed by atoms with Crippen molar-refractivity contribution in [3.63, 3.8) is 0 Å². The third-order valence-electron chi connectivity index (χ3n) is 5.54. The van der Waals surface area contributed by atoms with Crippen molar-refractivity contribution in [1.29, 1.82) is 0 Å². The summed E-state index contributed by atoms with van der Waals surface area (Å²) >= 11 is 1.35. The van der Waals surface area contributed by atoms with Gasteiger partial charge in [0, 0.05) is 48.3 Å². The molecule has 1 amide bonds. The standard InChI is InChI=1S/C23H26FN5O3S/c1-14-3-4-16(12-19(14)24)11-17-13-25-23(33-17)27-20(30)6-5-18-15(2)26-22(28-21(18)31)29-7-9-32-10-8-29/h3-4,12-13H,5-11H2,1-2H3,(H,25,27,30)(H,26,28,31). The summed E-state index contributed by atoms with van der Waals surface area (Å²) < 4.78 is 19.1. The Morgan fingerprint density at radius 1 is 1.30 bits per heavy atom. The van der Waals surface area contributed by atoms with E-state index >= 15 is 0 Å². The van der Waals surface area contributed by atoms with Crippen LogP contribution in [0.25, 0.3) is 0 Å². The van der Waals surface area contributed by atoms with Crippen LogP contribution >= 0.6 is 11.3 Å². The number of rotatable bonds is 7. The molecule has 33 heavy (non-hydrogen) atoms. The van der Waals surface area contributed by atoms with Gasteiger partial charge in [-0.25, -0.2) is 14.4 Å². The Bertz CT molecular complexity index is 1200. The van der Waals surface area contributed by atoms with Crippen LogP contribution in [0.15, 0.2) is 29.2 Å². The second-order valence-electron chi connectivity index (χ2n) is 7.99. The minimum atomic E-state index is -0.233. The predicted molar refractivity (Wildman–Crippen MR) is 126 cm³/mol. The molecular formula is C23H26FN5O3S. The Balaban J connectivity index is 1.33. The molecule has 2 N–H and O–H groups in total. The number of carbonyl (C=O) groups excluding carboxylic acids is 1. The van der Waals surface area contributed by atoms with Crippen molar-refractivity contribution in [2.24, 2.45) is 0 Å². The zero-order chi connectivity index (χ0) is 23.4. The molecule has 4 rings (SSSR count). The lowest BCUT2D eigenvalue weighted by atomic mass is 10.1. The Morgan fingerprint density at radius 3 is 2.82 bits per heavy atom. The number of benzene rings is 1. The van der Waals surface area contributed by atoms with Crippen LogP contribution in [-0.2, 0) is 22.4 Å². The number of anilines is 2. The molecule has 1 aromatic carbocycles. The number of amides is 1. The molecule has 0 aliphatic carbocycles. The first-order chi connectivity index (χ1) is 15.9. The first kappa shape index (κ1) is 23.1. The molecule has 0 unspecified atom stereocenters. The van der Waals surface area contributed by atoms with Crippen LogP contribution < -0.4 is 15.8 Å². The van der Waals surface area contributed by atoms with Gasteiger partial charge in [0.2, 0.25) is 11.9 Å². The van der Waals surface area contributed by atoms with Crippen LogP contribution in [0.3, 0.4) is 0 Å². The average Bonchev–Trinajstić information content (AvgIpc) is 3.22. The number of hydrogen-bond acceptors (Lipinski definition) is 7. The molecule has 3 heterocycles. The van der Waals surface area contributed by atoms with Crippen molar-refractivity contribution in [2.45, 2.75) is 33.1 Å². The van der Waals surface area contributed by atoms with E-state index < -0.39 is 0 Å². The Morgan fingerprint density at radius 2 is 2.09 bits per heavy atom. The number of halogens is 1. The number of ether oxygens (including phenoxy) is 1. The lowest BCUT2D eigenvalue weighted by Crippen LogP contribution is -2.38. The van der Waals surface area contributed by atoms with Gasteiger partial charge in [-0.05, 0) is 37.5 Å². The van der Waals surface area contributed by atoms with Crippen LogP contribution in [0.2, 0.25) is 0 Å². The maximum Gasteiger partial charge on any atom is 0.255 e. The van der Waals surface area contributed by atoms with Crippen LogP contribution in [0.1, 0.15) is 33.7 Å². The van der Waals surface area contributed by atoms with E-state index in [4.69, 9.17) is 4.74 Å². The minimum absolute atomic E-state index is 0.139. The van der Waals surface area contributed by atoms with Crippen molar-refractivity contribution < 1.29 is 13.9 Å². The molecule has 0 bridgehead atoms. The van der Waals surface area contributed by atoms with Gasteiger partial charge in [-0.2, -0.15) is 0 Å². The summed E-state index contributed by atoms with van der Waals surface area (Å²) in [5.74, 6) is 0.0781. The van der Waals surface area contributed by atoms with Gasteiger partial charge in [-0.15, -0.1) is 11.3 Å². The van der Waals surface area contributed by atoms with E-state index in [2.05, 4.69) is 20.3 Å². The minimum Gasteiger partial charge on any atom is -0.378 e. The lowest BCUT2D eigenvalue weighted by molar-refractivity contribution is -0.116. The number of aryl methyl sites for hydroxylation is 2. The van der Waals surface area contributed by atoms with Gasteiger partial charge in [0.15, 0.2) is 5.13 Å². The van der Waals surface area contributed by atoms with E-state index in [1.54, 1.807) is 26.1 Å². The molecule has 3 aromatic rings. The van der Waals surface area contributed by atoms with Crippen molar-refractivity contribution in [2.75, 3.05) is 36.5 Å². The van der Waals surface area contributed by atoms with Crippen molar-refractivity contribution in [3.05, 3.63) is 67.8 Å². The van der Waals surface area contributed by atoms with E-state index in [0.29, 0.717) is 60.6 Å². The number of nitrogens with one attached hydrogen (secondary N) is 2. The first-order valence-corrected chi connectivity index (χ1v) is 11.6. The van der Waals surface area contributed by atoms with E-state index in [-0.39, 0.29) is 30.1 Å². The van der Waals surface area contributed by atoms with E-state index in [1.165, 1.54) is 17.4 Å². The summed E-state index contributed by atoms with van der Waals surface area (Å²) in [7, 11) is 0. The Labute approximate surface area is 194 Å². The normalized spacial score (nSPS) is 13.8. The van der Waals surface area contributed by atoms with Gasteiger partial charge in [0.25, 0.3) is 5.56 Å². The Hall–Kier alpha value is -3.11. The fourth-order valence-corrected chi connectivity index (χ4v) is 4.49. The van der Waals surface area contributed by atoms with Gasteiger partial charge >= 0.3 is 0 Å². The van der Waals surface area contributed by atoms with Crippen molar-refractivity contribution in [1.82, 2.24) is 15.0 Å². The summed E-state index contributed by atoms with van der Waals surface area (Å²) in [4.78, 5) is 39.5. The molecule has 8 nitrogen and oxygen atoms in total. The molecule has 0 saturated carbocycles. The molecule has 1 fully saturated rings. The number of morpholine rings is 1. The fourth-order valence-electron chi connectivity index (χ4n) is 3.63. The topological polar surface area (TPSA) is 100 Å². The SMILES string of the molecule is Cc1ccc(Cc2cnc(NC(=O)CCc3c(C)nc(N4CCOCC4)[nH]c3=O)s2)cc1F. The Kier molecular flexibility index (Phi) is 7.14. The third kappa shape index (κ3) is 5.82. The van der Waals surface area contributed by atoms with Crippen LogP contribution in [-0.4, -0.2) is 47.2 Å². The molecule has 10 heteroatoms. The lowest BCUT2D eigenvalue weighted by Gasteiger charge is -2.27. The summed E-state index contributed by atoms with van der Waals surface area (Å²) in [6.07, 6.45) is 2.65. The van der Waals surface area contributed by atoms with E-state index in [0.717, 1.165) is 10.4 Å². The second-order valence-corrected chi connectivity index (χ2v) is 9.11. The molecule has 0 atom stereocenters. The smallest absolute Gasteiger partial charge is 0.255 e. The molecular weight excluding hydrogens is 445 g/mol. The van der Waals surface area contributed by atoms with Crippen molar-refractivity contribution in [3.8, 4) is 0 Å². The summed E-state index contributed by atoms with van der Waals surface area (Å²) in [6, 6.07) is 5.15. The molecule has 0 spiro atoms. The number of hydrogen-bond donors (Lipinski definition) is 2. The molecule has 0 radical (unpaired) electrons. The summed E-state index contributed by atoms with van der Waals surface area (Å²) in [6.45, 7) is 6.07. The first-order valence-electron chi connectivity index (χ1n) is 10.8. The van der Waals surface area contributed by atoms with Gasteiger partial charge < -0.3 is 15.0 Å². The highest BCUT2D eigenvalue weighted by atomic mass is 32.1. The molecule has 1 aliphatic heterocycles. The average molecular weight is 472 g/mol.